The molecule has 0 saturated carbocycles. The lowest BCUT2D eigenvalue weighted by Crippen LogP contribution is -2.42. The second kappa shape index (κ2) is 6.45. The third kappa shape index (κ3) is 3.24. The van der Waals surface area contributed by atoms with E-state index in [-0.39, 0.29) is 12.5 Å². The summed E-state index contributed by atoms with van der Waals surface area (Å²) in [6.45, 7) is 2.66. The van der Waals surface area contributed by atoms with Crippen LogP contribution >= 0.6 is 11.3 Å². The zero-order valence-corrected chi connectivity index (χ0v) is 13.5. The predicted octanol–water partition coefficient (Wildman–Crippen LogP) is 2.45. The number of carbonyl (C=O) groups excluding carboxylic acids is 1. The number of carbonyl (C=O) groups is 2. The van der Waals surface area contributed by atoms with Crippen LogP contribution in [0.15, 0.2) is 24.4 Å². The molecule has 120 valence electrons. The highest BCUT2D eigenvalue weighted by Gasteiger charge is 2.30. The fourth-order valence-electron chi connectivity index (χ4n) is 2.70. The lowest BCUT2D eigenvalue weighted by molar-refractivity contribution is -0.143. The molecule has 0 radical (unpaired) electrons. The molecule has 1 aliphatic heterocycles. The fraction of sp³-hybridized carbons (Fsp3) is 0.375. The minimum Gasteiger partial charge on any atom is -0.481 e. The van der Waals surface area contributed by atoms with Gasteiger partial charge in [-0.2, -0.15) is 0 Å². The highest BCUT2D eigenvalue weighted by atomic mass is 32.1. The van der Waals surface area contributed by atoms with Gasteiger partial charge in [0.15, 0.2) is 0 Å². The number of carboxylic acids is 1. The maximum Gasteiger partial charge on any atom is 0.308 e. The van der Waals surface area contributed by atoms with Crippen LogP contribution in [-0.2, 0) is 4.79 Å². The number of aromatic nitrogens is 2. The van der Waals surface area contributed by atoms with E-state index >= 15 is 0 Å². The molecule has 1 N–H and O–H groups in total. The summed E-state index contributed by atoms with van der Waals surface area (Å²) in [7, 11) is 0. The highest BCUT2D eigenvalue weighted by Crippen LogP contribution is 2.28. The number of piperidine rings is 1. The molecule has 0 spiro atoms. The molecule has 23 heavy (non-hydrogen) atoms. The largest absolute Gasteiger partial charge is 0.481 e. The Balaban J connectivity index is 1.83. The second-order valence-electron chi connectivity index (χ2n) is 5.58. The summed E-state index contributed by atoms with van der Waals surface area (Å²) in [4.78, 5) is 34.8. The van der Waals surface area contributed by atoms with Gasteiger partial charge in [-0.1, -0.05) is 6.07 Å². The highest BCUT2D eigenvalue weighted by molar-refractivity contribution is 7.17. The summed E-state index contributed by atoms with van der Waals surface area (Å²) < 4.78 is 0. The van der Waals surface area contributed by atoms with Crippen LogP contribution in [0.4, 0.5) is 0 Å². The average molecular weight is 331 g/mol. The third-order valence-electron chi connectivity index (χ3n) is 3.93. The molecule has 0 aliphatic carbocycles. The van der Waals surface area contributed by atoms with Crippen molar-refractivity contribution in [1.29, 1.82) is 0 Å². The van der Waals surface area contributed by atoms with Crippen molar-refractivity contribution in [3.8, 4) is 10.7 Å². The molecule has 3 rings (SSSR count). The first-order valence-corrected chi connectivity index (χ1v) is 8.29. The van der Waals surface area contributed by atoms with Gasteiger partial charge in [0.25, 0.3) is 5.91 Å². The van der Waals surface area contributed by atoms with Crippen molar-refractivity contribution in [3.05, 3.63) is 35.0 Å². The summed E-state index contributed by atoms with van der Waals surface area (Å²) in [6.07, 6.45) is 3.03. The number of likely N-dealkylation sites (tertiary alicyclic amines) is 1. The van der Waals surface area contributed by atoms with Crippen molar-refractivity contribution in [2.75, 3.05) is 13.1 Å². The average Bonchev–Trinajstić information content (AvgIpc) is 2.97. The summed E-state index contributed by atoms with van der Waals surface area (Å²) in [5, 5.41) is 9.87. The monoisotopic (exact) mass is 331 g/mol. The zero-order chi connectivity index (χ0) is 16.4. The van der Waals surface area contributed by atoms with Gasteiger partial charge in [-0.3, -0.25) is 14.6 Å². The number of nitrogens with zero attached hydrogens (tertiary/aromatic N) is 3. The smallest absolute Gasteiger partial charge is 0.308 e. The summed E-state index contributed by atoms with van der Waals surface area (Å²) in [6, 6.07) is 5.56. The van der Waals surface area contributed by atoms with E-state index in [4.69, 9.17) is 5.11 Å². The van der Waals surface area contributed by atoms with Crippen LogP contribution in [0.25, 0.3) is 10.7 Å². The SMILES string of the molecule is Cc1nc(-c2ccccn2)sc1C(=O)N1CCCC(C(=O)O)C1. The lowest BCUT2D eigenvalue weighted by Gasteiger charge is -2.30. The fourth-order valence-corrected chi connectivity index (χ4v) is 3.71. The summed E-state index contributed by atoms with van der Waals surface area (Å²) >= 11 is 1.31. The number of carboxylic acid groups (broad SMARTS) is 1. The van der Waals surface area contributed by atoms with E-state index in [1.54, 1.807) is 18.0 Å². The summed E-state index contributed by atoms with van der Waals surface area (Å²) in [5.41, 5.74) is 1.40. The molecular weight excluding hydrogens is 314 g/mol. The van der Waals surface area contributed by atoms with Crippen molar-refractivity contribution >= 4 is 23.2 Å². The van der Waals surface area contributed by atoms with Crippen LogP contribution in [0, 0.1) is 12.8 Å². The molecule has 1 atom stereocenters. The number of amides is 1. The number of aryl methyl sites for hydroxylation is 1. The lowest BCUT2D eigenvalue weighted by atomic mass is 9.98. The molecule has 0 aromatic carbocycles. The van der Waals surface area contributed by atoms with Crippen molar-refractivity contribution in [3.63, 3.8) is 0 Å². The van der Waals surface area contributed by atoms with Gasteiger partial charge in [-0.25, -0.2) is 4.98 Å². The molecule has 6 nitrogen and oxygen atoms in total. The predicted molar refractivity (Wildman–Crippen MR) is 86.3 cm³/mol. The molecule has 1 fully saturated rings. The van der Waals surface area contributed by atoms with Gasteiger partial charge in [-0.15, -0.1) is 11.3 Å². The van der Waals surface area contributed by atoms with E-state index in [9.17, 15) is 9.59 Å². The topological polar surface area (TPSA) is 83.4 Å². The Morgan fingerprint density at radius 2 is 2.22 bits per heavy atom. The van der Waals surface area contributed by atoms with Gasteiger partial charge < -0.3 is 10.0 Å². The number of thiazole rings is 1. The summed E-state index contributed by atoms with van der Waals surface area (Å²) in [5.74, 6) is -1.44. The minimum absolute atomic E-state index is 0.131. The van der Waals surface area contributed by atoms with Gasteiger partial charge in [0.05, 0.1) is 17.3 Å². The molecule has 2 aromatic heterocycles. The molecule has 3 heterocycles. The number of pyridine rings is 1. The number of hydrogen-bond donors (Lipinski definition) is 1. The van der Waals surface area contributed by atoms with Gasteiger partial charge >= 0.3 is 5.97 Å². The van der Waals surface area contributed by atoms with E-state index in [0.29, 0.717) is 35.0 Å². The molecular formula is C16H17N3O3S. The van der Waals surface area contributed by atoms with E-state index < -0.39 is 11.9 Å². The van der Waals surface area contributed by atoms with Gasteiger partial charge in [-0.05, 0) is 31.9 Å². The Labute approximate surface area is 137 Å². The van der Waals surface area contributed by atoms with E-state index in [1.807, 2.05) is 18.2 Å². The van der Waals surface area contributed by atoms with Crippen LogP contribution < -0.4 is 0 Å². The molecule has 1 aliphatic rings. The molecule has 0 bridgehead atoms. The number of hydrogen-bond acceptors (Lipinski definition) is 5. The van der Waals surface area contributed by atoms with Crippen molar-refractivity contribution in [2.24, 2.45) is 5.92 Å². The second-order valence-corrected chi connectivity index (χ2v) is 6.58. The number of aliphatic carboxylic acids is 1. The van der Waals surface area contributed by atoms with Gasteiger partial charge in [0.1, 0.15) is 9.88 Å². The van der Waals surface area contributed by atoms with Crippen LogP contribution in [-0.4, -0.2) is 44.9 Å². The molecule has 1 amide bonds. The van der Waals surface area contributed by atoms with Gasteiger partial charge in [0, 0.05) is 19.3 Å². The van der Waals surface area contributed by atoms with E-state index in [1.165, 1.54) is 11.3 Å². The van der Waals surface area contributed by atoms with Crippen LogP contribution in [0.5, 0.6) is 0 Å². The van der Waals surface area contributed by atoms with Crippen LogP contribution in [0.2, 0.25) is 0 Å². The Morgan fingerprint density at radius 1 is 1.39 bits per heavy atom. The van der Waals surface area contributed by atoms with Crippen molar-refractivity contribution in [2.45, 2.75) is 19.8 Å². The number of rotatable bonds is 3. The molecule has 7 heteroatoms. The first-order chi connectivity index (χ1) is 11.1. The molecule has 2 aromatic rings. The van der Waals surface area contributed by atoms with Crippen LogP contribution in [0.3, 0.4) is 0 Å². The Hall–Kier alpha value is -2.28. The molecule has 1 saturated heterocycles. The maximum absolute atomic E-state index is 12.7. The van der Waals surface area contributed by atoms with Crippen LogP contribution in [0.1, 0.15) is 28.2 Å². The minimum atomic E-state index is -0.835. The van der Waals surface area contributed by atoms with Crippen molar-refractivity contribution < 1.29 is 14.7 Å². The van der Waals surface area contributed by atoms with Gasteiger partial charge in [0.2, 0.25) is 0 Å². The zero-order valence-electron chi connectivity index (χ0n) is 12.7. The standard InChI is InChI=1S/C16H17N3O3S/c1-10-13(23-14(18-10)12-6-2-3-7-17-12)15(20)19-8-4-5-11(9-19)16(21)22/h2-3,6-7,11H,4-5,8-9H2,1H3,(H,21,22). The Kier molecular flexibility index (Phi) is 4.38. The van der Waals surface area contributed by atoms with Crippen molar-refractivity contribution in [1.82, 2.24) is 14.9 Å². The quantitative estimate of drug-likeness (QED) is 0.934. The molecule has 1 unspecified atom stereocenters. The Bertz CT molecular complexity index is 729. The van der Waals surface area contributed by atoms with E-state index in [2.05, 4.69) is 9.97 Å². The first-order valence-electron chi connectivity index (χ1n) is 7.47. The maximum atomic E-state index is 12.7. The Morgan fingerprint density at radius 3 is 2.91 bits per heavy atom. The normalized spacial score (nSPS) is 18.0. The first kappa shape index (κ1) is 15.6. The third-order valence-corrected chi connectivity index (χ3v) is 5.10. The van der Waals surface area contributed by atoms with E-state index in [0.717, 1.165) is 5.69 Å².